The van der Waals surface area contributed by atoms with E-state index >= 15 is 0 Å². The molecule has 1 atom stereocenters. The molecule has 0 aromatic heterocycles. The minimum atomic E-state index is -2.15. The van der Waals surface area contributed by atoms with Crippen molar-refractivity contribution in [1.29, 1.82) is 0 Å². The van der Waals surface area contributed by atoms with Gasteiger partial charge in [-0.25, -0.2) is 8.78 Å². The van der Waals surface area contributed by atoms with Gasteiger partial charge in [0.25, 0.3) is 0 Å². The van der Waals surface area contributed by atoms with Gasteiger partial charge < -0.3 is 0 Å². The molecule has 2 N–H and O–H groups in total. The molecule has 1 nitrogen and oxygen atoms in total. The first-order valence-electron chi connectivity index (χ1n) is 4.82. The molecule has 0 fully saturated rings. The van der Waals surface area contributed by atoms with Crippen LogP contribution in [0.2, 0.25) is 0 Å². The minimum Gasteiger partial charge on any atom is -0.295 e. The van der Waals surface area contributed by atoms with E-state index in [0.717, 1.165) is 0 Å². The van der Waals surface area contributed by atoms with Gasteiger partial charge in [-0.05, 0) is 17.7 Å². The zero-order valence-electron chi connectivity index (χ0n) is 8.38. The molecule has 0 saturated carbocycles. The smallest absolute Gasteiger partial charge is 0.191 e. The molecule has 1 aliphatic carbocycles. The lowest BCUT2D eigenvalue weighted by atomic mass is 9.90. The van der Waals surface area contributed by atoms with E-state index in [1.165, 1.54) is 12.2 Å². The molecule has 4 heteroatoms. The Balaban J connectivity index is 2.62. The summed E-state index contributed by atoms with van der Waals surface area (Å²) in [6, 6.07) is 6.86. The van der Waals surface area contributed by atoms with Crippen LogP contribution in [0.5, 0.6) is 0 Å². The molecule has 1 unspecified atom stereocenters. The van der Waals surface area contributed by atoms with Crippen molar-refractivity contribution in [2.75, 3.05) is 0 Å². The summed E-state index contributed by atoms with van der Waals surface area (Å²) in [5, 5.41) is 0. The summed E-state index contributed by atoms with van der Waals surface area (Å²) in [5.41, 5.74) is 5.83. The second-order valence-corrected chi connectivity index (χ2v) is 4.53. The summed E-state index contributed by atoms with van der Waals surface area (Å²) in [6.07, 6.45) is 2.63. The number of allylic oxidation sites excluding steroid dienone is 2. The molecule has 0 saturated heterocycles. The van der Waals surface area contributed by atoms with Crippen LogP contribution < -0.4 is 5.73 Å². The molecule has 1 aromatic carbocycles. The van der Waals surface area contributed by atoms with Crippen LogP contribution >= 0.6 is 15.9 Å². The Morgan fingerprint density at radius 2 is 2.00 bits per heavy atom. The summed E-state index contributed by atoms with van der Waals surface area (Å²) in [5.74, 6) is -2.77. The molecule has 84 valence electrons. The number of nitrogens with two attached hydrogens (primary N) is 1. The highest BCUT2D eigenvalue weighted by atomic mass is 79.9. The first kappa shape index (κ1) is 11.5. The Labute approximate surface area is 101 Å². The Kier molecular flexibility index (Phi) is 2.95. The van der Waals surface area contributed by atoms with E-state index < -0.39 is 11.6 Å². The quantitative estimate of drug-likeness (QED) is 0.782. The van der Waals surface area contributed by atoms with E-state index in [1.54, 1.807) is 24.3 Å². The van der Waals surface area contributed by atoms with Gasteiger partial charge in [-0.3, -0.25) is 5.73 Å². The highest BCUT2D eigenvalue weighted by Crippen LogP contribution is 2.39. The molecule has 0 radical (unpaired) electrons. The van der Waals surface area contributed by atoms with E-state index in [1.807, 2.05) is 0 Å². The van der Waals surface area contributed by atoms with Gasteiger partial charge in [-0.2, -0.15) is 0 Å². The van der Waals surface area contributed by atoms with Gasteiger partial charge in [0.1, 0.15) is 5.83 Å². The maximum absolute atomic E-state index is 14.1. The summed E-state index contributed by atoms with van der Waals surface area (Å²) in [4.78, 5) is 0. The zero-order valence-corrected chi connectivity index (χ0v) is 9.97. The molecule has 0 spiro atoms. The number of halogens is 3. The average molecular weight is 286 g/mol. The minimum absolute atomic E-state index is 0.0168. The van der Waals surface area contributed by atoms with Crippen LogP contribution in [0, 0.1) is 0 Å². The average Bonchev–Trinajstić information content (AvgIpc) is 2.19. The summed E-state index contributed by atoms with van der Waals surface area (Å²) in [7, 11) is 0. The Hall–Kier alpha value is -1.00. The fraction of sp³-hybridized carbons (Fsp3) is 0.167. The van der Waals surface area contributed by atoms with Crippen molar-refractivity contribution in [3.8, 4) is 0 Å². The number of benzene rings is 1. The van der Waals surface area contributed by atoms with Crippen molar-refractivity contribution in [2.45, 2.75) is 12.2 Å². The van der Waals surface area contributed by atoms with Crippen LogP contribution in [-0.4, -0.2) is 5.79 Å². The molecule has 16 heavy (non-hydrogen) atoms. The number of hydrogen-bond donors (Lipinski definition) is 1. The fourth-order valence-electron chi connectivity index (χ4n) is 1.73. The third kappa shape index (κ3) is 1.95. The molecule has 0 heterocycles. The largest absolute Gasteiger partial charge is 0.295 e. The Bertz CT molecular complexity index is 478. The van der Waals surface area contributed by atoms with Crippen LogP contribution in [0.25, 0.3) is 5.57 Å². The lowest BCUT2D eigenvalue weighted by Crippen LogP contribution is -2.37. The second kappa shape index (κ2) is 4.11. The van der Waals surface area contributed by atoms with Gasteiger partial charge in [0, 0.05) is 16.5 Å². The van der Waals surface area contributed by atoms with E-state index in [2.05, 4.69) is 15.9 Å². The van der Waals surface area contributed by atoms with Crippen LogP contribution in [0.3, 0.4) is 0 Å². The van der Waals surface area contributed by atoms with E-state index in [4.69, 9.17) is 5.73 Å². The second-order valence-electron chi connectivity index (χ2n) is 3.67. The third-order valence-electron chi connectivity index (χ3n) is 2.48. The molecule has 0 bridgehead atoms. The van der Waals surface area contributed by atoms with Crippen LogP contribution in [-0.2, 0) is 0 Å². The summed E-state index contributed by atoms with van der Waals surface area (Å²) >= 11 is 3.26. The van der Waals surface area contributed by atoms with Gasteiger partial charge in [0.15, 0.2) is 5.79 Å². The first-order valence-corrected chi connectivity index (χ1v) is 5.61. The van der Waals surface area contributed by atoms with E-state index in [0.29, 0.717) is 10.0 Å². The maximum atomic E-state index is 14.1. The molecule has 0 aliphatic heterocycles. The predicted octanol–water partition coefficient (Wildman–Crippen LogP) is 3.71. The lowest BCUT2D eigenvalue weighted by Gasteiger charge is -2.26. The molecule has 2 rings (SSSR count). The van der Waals surface area contributed by atoms with Crippen LogP contribution in [0.4, 0.5) is 8.78 Å². The molecule has 0 amide bonds. The first-order chi connectivity index (χ1) is 7.52. The molecule has 1 aliphatic rings. The Morgan fingerprint density at radius 1 is 1.31 bits per heavy atom. The van der Waals surface area contributed by atoms with Crippen molar-refractivity contribution < 1.29 is 8.78 Å². The number of alkyl halides is 1. The number of rotatable bonds is 1. The monoisotopic (exact) mass is 285 g/mol. The van der Waals surface area contributed by atoms with Gasteiger partial charge in [-0.1, -0.05) is 40.2 Å². The van der Waals surface area contributed by atoms with Crippen molar-refractivity contribution >= 4 is 21.5 Å². The normalized spacial score (nSPS) is 25.0. The predicted molar refractivity (Wildman–Crippen MR) is 64.0 cm³/mol. The maximum Gasteiger partial charge on any atom is 0.191 e. The van der Waals surface area contributed by atoms with Crippen molar-refractivity contribution in [3.63, 3.8) is 0 Å². The summed E-state index contributed by atoms with van der Waals surface area (Å²) < 4.78 is 28.3. The van der Waals surface area contributed by atoms with E-state index in [-0.39, 0.29) is 12.0 Å². The highest BCUT2D eigenvalue weighted by molar-refractivity contribution is 9.10. The van der Waals surface area contributed by atoms with Crippen molar-refractivity contribution in [2.24, 2.45) is 5.73 Å². The third-order valence-corrected chi connectivity index (χ3v) is 3.17. The van der Waals surface area contributed by atoms with Gasteiger partial charge >= 0.3 is 0 Å². The fourth-order valence-corrected chi connectivity index (χ4v) is 2.22. The van der Waals surface area contributed by atoms with Crippen molar-refractivity contribution in [3.05, 3.63) is 52.3 Å². The summed E-state index contributed by atoms with van der Waals surface area (Å²) in [6.45, 7) is 0. The molecular weight excluding hydrogens is 276 g/mol. The zero-order chi connectivity index (χ0) is 11.8. The highest BCUT2D eigenvalue weighted by Gasteiger charge is 2.35. The van der Waals surface area contributed by atoms with Gasteiger partial charge in [0.2, 0.25) is 0 Å². The number of hydrogen-bond acceptors (Lipinski definition) is 1. The van der Waals surface area contributed by atoms with Crippen molar-refractivity contribution in [1.82, 2.24) is 0 Å². The Morgan fingerprint density at radius 3 is 2.62 bits per heavy atom. The SMILES string of the molecule is NC1(F)CC=CC(F)=C1c1ccccc1Br. The topological polar surface area (TPSA) is 26.0 Å². The van der Waals surface area contributed by atoms with Gasteiger partial charge in [0.05, 0.1) is 0 Å². The van der Waals surface area contributed by atoms with Crippen LogP contribution in [0.15, 0.2) is 46.7 Å². The molecular formula is C12H10BrF2N. The lowest BCUT2D eigenvalue weighted by molar-refractivity contribution is 0.251. The van der Waals surface area contributed by atoms with E-state index in [9.17, 15) is 8.78 Å². The van der Waals surface area contributed by atoms with Gasteiger partial charge in [-0.15, -0.1) is 0 Å². The molecule has 1 aromatic rings. The standard InChI is InChI=1S/C12H10BrF2N/c13-9-5-2-1-4-8(9)11-10(14)6-3-7-12(11,15)16/h1-6H,7,16H2. The van der Waals surface area contributed by atoms with Crippen LogP contribution in [0.1, 0.15) is 12.0 Å².